The summed E-state index contributed by atoms with van der Waals surface area (Å²) < 4.78 is 4.91. The fraction of sp³-hybridized carbons (Fsp3) is 0.467. The second-order valence-corrected chi connectivity index (χ2v) is 4.65. The van der Waals surface area contributed by atoms with Gasteiger partial charge in [-0.1, -0.05) is 17.7 Å². The van der Waals surface area contributed by atoms with Crippen LogP contribution in [0, 0.1) is 6.92 Å². The lowest BCUT2D eigenvalue weighted by Gasteiger charge is -2.21. The average Bonchev–Trinajstić information content (AvgIpc) is 2.49. The number of amides is 2. The van der Waals surface area contributed by atoms with Gasteiger partial charge in [0.15, 0.2) is 0 Å². The van der Waals surface area contributed by atoms with E-state index in [1.54, 1.807) is 19.2 Å². The minimum atomic E-state index is -0.293. The molecule has 2 N–H and O–H groups in total. The first-order valence-corrected chi connectivity index (χ1v) is 6.81. The molecule has 0 bridgehead atoms. The second-order valence-electron chi connectivity index (χ2n) is 4.65. The highest BCUT2D eigenvalue weighted by Crippen LogP contribution is 2.02. The molecule has 6 heteroatoms. The summed E-state index contributed by atoms with van der Waals surface area (Å²) in [5, 5.41) is 11.5. The molecule has 2 amide bonds. The molecular formula is C15H22N2O4. The monoisotopic (exact) mass is 294 g/mol. The van der Waals surface area contributed by atoms with Crippen LogP contribution in [0.4, 0.5) is 0 Å². The number of methoxy groups -OCH3 is 1. The molecule has 0 aliphatic heterocycles. The molecule has 0 atom stereocenters. The number of hydrogen-bond acceptors (Lipinski definition) is 4. The quantitative estimate of drug-likeness (QED) is 0.717. The van der Waals surface area contributed by atoms with Gasteiger partial charge in [-0.05, 0) is 19.1 Å². The van der Waals surface area contributed by atoms with Crippen molar-refractivity contribution in [3.05, 3.63) is 35.4 Å². The maximum Gasteiger partial charge on any atom is 0.251 e. The molecule has 0 unspecified atom stereocenters. The van der Waals surface area contributed by atoms with E-state index in [1.165, 1.54) is 4.90 Å². The molecule has 0 spiro atoms. The predicted octanol–water partition coefficient (Wildman–Crippen LogP) is 0.192. The van der Waals surface area contributed by atoms with Crippen molar-refractivity contribution in [1.82, 2.24) is 10.2 Å². The normalized spacial score (nSPS) is 10.2. The van der Waals surface area contributed by atoms with Crippen molar-refractivity contribution in [2.45, 2.75) is 6.92 Å². The fourth-order valence-corrected chi connectivity index (χ4v) is 1.76. The van der Waals surface area contributed by atoms with Crippen LogP contribution in [-0.4, -0.2) is 61.8 Å². The highest BCUT2D eigenvalue weighted by Gasteiger charge is 2.14. The smallest absolute Gasteiger partial charge is 0.251 e. The molecule has 0 radical (unpaired) electrons. The van der Waals surface area contributed by atoms with E-state index in [0.29, 0.717) is 18.7 Å². The van der Waals surface area contributed by atoms with Gasteiger partial charge in [0.25, 0.3) is 5.91 Å². The molecule has 0 fully saturated rings. The number of ether oxygens (including phenoxy) is 1. The van der Waals surface area contributed by atoms with Crippen LogP contribution in [0.15, 0.2) is 24.3 Å². The number of aliphatic hydroxyl groups is 1. The molecule has 0 saturated carbocycles. The van der Waals surface area contributed by atoms with Gasteiger partial charge in [-0.3, -0.25) is 9.59 Å². The average molecular weight is 294 g/mol. The summed E-state index contributed by atoms with van der Waals surface area (Å²) in [5.41, 5.74) is 1.58. The van der Waals surface area contributed by atoms with Gasteiger partial charge in [0, 0.05) is 25.8 Å². The van der Waals surface area contributed by atoms with E-state index in [9.17, 15) is 9.59 Å². The first-order chi connectivity index (χ1) is 10.1. The maximum atomic E-state index is 12.0. The van der Waals surface area contributed by atoms with Crippen LogP contribution in [0.5, 0.6) is 0 Å². The topological polar surface area (TPSA) is 78.9 Å². The lowest BCUT2D eigenvalue weighted by molar-refractivity contribution is -0.131. The Morgan fingerprint density at radius 3 is 2.48 bits per heavy atom. The Balaban J connectivity index is 2.49. The number of nitrogens with zero attached hydrogens (tertiary/aromatic N) is 1. The van der Waals surface area contributed by atoms with Gasteiger partial charge in [0.2, 0.25) is 5.91 Å². The summed E-state index contributed by atoms with van der Waals surface area (Å²) in [6.07, 6.45) is 0. The number of aryl methyl sites for hydroxylation is 1. The molecule has 0 aliphatic carbocycles. The number of carbonyl (C=O) groups excluding carboxylic acids is 2. The molecule has 1 rings (SSSR count). The highest BCUT2D eigenvalue weighted by molar-refractivity contribution is 5.96. The molecule has 6 nitrogen and oxygen atoms in total. The Morgan fingerprint density at radius 2 is 1.90 bits per heavy atom. The van der Waals surface area contributed by atoms with Crippen molar-refractivity contribution in [3.8, 4) is 0 Å². The van der Waals surface area contributed by atoms with E-state index in [2.05, 4.69) is 5.32 Å². The van der Waals surface area contributed by atoms with Gasteiger partial charge in [-0.2, -0.15) is 0 Å². The lowest BCUT2D eigenvalue weighted by atomic mass is 10.1. The summed E-state index contributed by atoms with van der Waals surface area (Å²) in [5.74, 6) is -0.541. The van der Waals surface area contributed by atoms with Gasteiger partial charge < -0.3 is 20.1 Å². The zero-order valence-electron chi connectivity index (χ0n) is 12.5. The van der Waals surface area contributed by atoms with Crippen molar-refractivity contribution < 1.29 is 19.4 Å². The third-order valence-electron chi connectivity index (χ3n) is 3.00. The summed E-state index contributed by atoms with van der Waals surface area (Å²) >= 11 is 0. The van der Waals surface area contributed by atoms with E-state index in [4.69, 9.17) is 9.84 Å². The van der Waals surface area contributed by atoms with Gasteiger partial charge in [-0.25, -0.2) is 0 Å². The van der Waals surface area contributed by atoms with Crippen molar-refractivity contribution in [2.24, 2.45) is 0 Å². The molecule has 1 aromatic rings. The molecule has 0 aliphatic rings. The first-order valence-electron chi connectivity index (χ1n) is 6.81. The fourth-order valence-electron chi connectivity index (χ4n) is 1.76. The number of carbonyl (C=O) groups is 2. The summed E-state index contributed by atoms with van der Waals surface area (Å²) in [6.45, 7) is 2.71. The van der Waals surface area contributed by atoms with Crippen molar-refractivity contribution in [3.63, 3.8) is 0 Å². The van der Waals surface area contributed by atoms with Crippen molar-refractivity contribution in [1.29, 1.82) is 0 Å². The van der Waals surface area contributed by atoms with Crippen molar-refractivity contribution >= 4 is 11.8 Å². The molecule has 0 saturated heterocycles. The van der Waals surface area contributed by atoms with Crippen LogP contribution in [-0.2, 0) is 9.53 Å². The number of aliphatic hydroxyl groups excluding tert-OH is 1. The Morgan fingerprint density at radius 1 is 1.24 bits per heavy atom. The minimum absolute atomic E-state index is 0.101. The van der Waals surface area contributed by atoms with Crippen LogP contribution in [0.2, 0.25) is 0 Å². The summed E-state index contributed by atoms with van der Waals surface area (Å²) in [4.78, 5) is 25.3. The zero-order valence-corrected chi connectivity index (χ0v) is 12.5. The Bertz CT molecular complexity index is 459. The number of benzene rings is 1. The van der Waals surface area contributed by atoms with E-state index < -0.39 is 0 Å². The highest BCUT2D eigenvalue weighted by atomic mass is 16.5. The largest absolute Gasteiger partial charge is 0.395 e. The van der Waals surface area contributed by atoms with E-state index in [-0.39, 0.29) is 31.5 Å². The molecule has 116 valence electrons. The minimum Gasteiger partial charge on any atom is -0.395 e. The van der Waals surface area contributed by atoms with E-state index >= 15 is 0 Å². The Kier molecular flexibility index (Phi) is 7.42. The number of rotatable bonds is 8. The van der Waals surface area contributed by atoms with E-state index in [0.717, 1.165) is 5.56 Å². The summed E-state index contributed by atoms with van der Waals surface area (Å²) in [6, 6.07) is 7.11. The molecule has 1 aromatic carbocycles. The molecule has 0 heterocycles. The SMILES string of the molecule is COCCN(CCO)C(=O)CNC(=O)c1ccc(C)cc1. The predicted molar refractivity (Wildman–Crippen MR) is 79.1 cm³/mol. The van der Waals surface area contributed by atoms with Gasteiger partial charge >= 0.3 is 0 Å². The summed E-state index contributed by atoms with van der Waals surface area (Å²) in [7, 11) is 1.54. The second kappa shape index (κ2) is 9.10. The Hall–Kier alpha value is -1.92. The zero-order chi connectivity index (χ0) is 15.7. The van der Waals surface area contributed by atoms with Crippen LogP contribution >= 0.6 is 0 Å². The third kappa shape index (κ3) is 5.93. The standard InChI is InChI=1S/C15H22N2O4/c1-12-3-5-13(6-4-12)15(20)16-11-14(19)17(7-9-18)8-10-21-2/h3-6,18H,7-11H2,1-2H3,(H,16,20). The molecule has 0 aromatic heterocycles. The number of hydrogen-bond donors (Lipinski definition) is 2. The van der Waals surface area contributed by atoms with Crippen LogP contribution < -0.4 is 5.32 Å². The van der Waals surface area contributed by atoms with Crippen LogP contribution in [0.3, 0.4) is 0 Å². The third-order valence-corrected chi connectivity index (χ3v) is 3.00. The first kappa shape index (κ1) is 17.1. The Labute approximate surface area is 124 Å². The van der Waals surface area contributed by atoms with Gasteiger partial charge in [-0.15, -0.1) is 0 Å². The van der Waals surface area contributed by atoms with E-state index in [1.807, 2.05) is 19.1 Å². The molecular weight excluding hydrogens is 272 g/mol. The molecule has 21 heavy (non-hydrogen) atoms. The number of nitrogens with one attached hydrogen (secondary N) is 1. The van der Waals surface area contributed by atoms with Gasteiger partial charge in [0.1, 0.15) is 0 Å². The maximum absolute atomic E-state index is 12.0. The van der Waals surface area contributed by atoms with Crippen LogP contribution in [0.25, 0.3) is 0 Å². The van der Waals surface area contributed by atoms with Crippen LogP contribution in [0.1, 0.15) is 15.9 Å². The van der Waals surface area contributed by atoms with Crippen molar-refractivity contribution in [2.75, 3.05) is 40.0 Å². The van der Waals surface area contributed by atoms with Gasteiger partial charge in [0.05, 0.1) is 19.8 Å². The lowest BCUT2D eigenvalue weighted by Crippen LogP contribution is -2.42.